The second-order valence-corrected chi connectivity index (χ2v) is 6.55. The molecule has 1 saturated heterocycles. The van der Waals surface area contributed by atoms with Gasteiger partial charge in [-0.3, -0.25) is 0 Å². The highest BCUT2D eigenvalue weighted by Crippen LogP contribution is 2.33. The molecule has 24 heavy (non-hydrogen) atoms. The summed E-state index contributed by atoms with van der Waals surface area (Å²) in [5.74, 6) is 0.708. The van der Waals surface area contributed by atoms with Crippen LogP contribution in [0.3, 0.4) is 0 Å². The number of fused-ring (bicyclic) bond motifs is 1. The zero-order chi connectivity index (χ0) is 15.5. The van der Waals surface area contributed by atoms with E-state index in [2.05, 4.69) is 70.7 Å². The van der Waals surface area contributed by atoms with Crippen molar-refractivity contribution in [3.8, 4) is 0 Å². The van der Waals surface area contributed by atoms with E-state index in [0.29, 0.717) is 5.92 Å². The third-order valence-electron chi connectivity index (χ3n) is 5.08. The molecule has 0 amide bonds. The molecular weight excluding hydrogens is 316 g/mol. The van der Waals surface area contributed by atoms with Crippen molar-refractivity contribution in [1.29, 1.82) is 0 Å². The Morgan fingerprint density at radius 1 is 0.917 bits per heavy atom. The SMILES string of the molecule is Cl.c1ccc(CCn2cc(C3CCNCC3)c3ccccc32)cc1. The second-order valence-electron chi connectivity index (χ2n) is 6.55. The number of benzene rings is 2. The predicted octanol–water partition coefficient (Wildman–Crippen LogP) is 4.77. The maximum Gasteiger partial charge on any atom is 0.0483 e. The van der Waals surface area contributed by atoms with Crippen LogP contribution in [0.5, 0.6) is 0 Å². The van der Waals surface area contributed by atoms with Gasteiger partial charge in [0.25, 0.3) is 0 Å². The lowest BCUT2D eigenvalue weighted by molar-refractivity contribution is 0.461. The minimum atomic E-state index is 0. The fourth-order valence-electron chi connectivity index (χ4n) is 3.81. The molecule has 2 nitrogen and oxygen atoms in total. The first-order valence-electron chi connectivity index (χ1n) is 8.74. The maximum absolute atomic E-state index is 3.48. The normalized spacial score (nSPS) is 15.3. The Morgan fingerprint density at radius 3 is 2.42 bits per heavy atom. The van der Waals surface area contributed by atoms with Gasteiger partial charge < -0.3 is 9.88 Å². The molecule has 1 N–H and O–H groups in total. The molecule has 0 saturated carbocycles. The lowest BCUT2D eigenvalue weighted by atomic mass is 9.90. The Balaban J connectivity index is 0.00000169. The van der Waals surface area contributed by atoms with Crippen molar-refractivity contribution in [2.24, 2.45) is 0 Å². The molecule has 1 aliphatic rings. The quantitative estimate of drug-likeness (QED) is 0.723. The molecule has 1 aromatic heterocycles. The number of nitrogens with zero attached hydrogens (tertiary/aromatic N) is 1. The summed E-state index contributed by atoms with van der Waals surface area (Å²) in [7, 11) is 0. The van der Waals surface area contributed by atoms with Gasteiger partial charge >= 0.3 is 0 Å². The van der Waals surface area contributed by atoms with Gasteiger partial charge in [0.1, 0.15) is 0 Å². The van der Waals surface area contributed by atoms with E-state index in [9.17, 15) is 0 Å². The fraction of sp³-hybridized carbons (Fsp3) is 0.333. The van der Waals surface area contributed by atoms with Crippen LogP contribution in [0.1, 0.15) is 29.9 Å². The van der Waals surface area contributed by atoms with Gasteiger partial charge in [-0.1, -0.05) is 48.5 Å². The topological polar surface area (TPSA) is 17.0 Å². The average Bonchev–Trinajstić information content (AvgIpc) is 3.01. The van der Waals surface area contributed by atoms with Gasteiger partial charge in [0.2, 0.25) is 0 Å². The summed E-state index contributed by atoms with van der Waals surface area (Å²) in [4.78, 5) is 0. The largest absolute Gasteiger partial charge is 0.347 e. The molecule has 1 fully saturated rings. The Morgan fingerprint density at radius 2 is 1.62 bits per heavy atom. The molecule has 0 aliphatic carbocycles. The van der Waals surface area contributed by atoms with Crippen LogP contribution in [-0.4, -0.2) is 17.7 Å². The number of nitrogens with one attached hydrogen (secondary N) is 1. The predicted molar refractivity (Wildman–Crippen MR) is 104 cm³/mol. The highest BCUT2D eigenvalue weighted by molar-refractivity contribution is 5.85. The number of aromatic nitrogens is 1. The average molecular weight is 341 g/mol. The van der Waals surface area contributed by atoms with Crippen LogP contribution in [0.2, 0.25) is 0 Å². The molecule has 0 bridgehead atoms. The van der Waals surface area contributed by atoms with Gasteiger partial charge in [-0.05, 0) is 55.5 Å². The van der Waals surface area contributed by atoms with E-state index in [-0.39, 0.29) is 12.4 Å². The summed E-state index contributed by atoms with van der Waals surface area (Å²) >= 11 is 0. The standard InChI is InChI=1S/C21H24N2.ClH/c1-2-6-17(7-3-1)12-15-23-16-20(18-10-13-22-14-11-18)19-8-4-5-9-21(19)23;/h1-9,16,18,22H,10-15H2;1H. The molecule has 3 heteroatoms. The molecule has 1 aliphatic heterocycles. The number of piperidine rings is 1. The van der Waals surface area contributed by atoms with Gasteiger partial charge in [0, 0.05) is 23.6 Å². The lowest BCUT2D eigenvalue weighted by Gasteiger charge is -2.22. The molecule has 0 spiro atoms. The van der Waals surface area contributed by atoms with Crippen LogP contribution in [0.15, 0.2) is 60.8 Å². The van der Waals surface area contributed by atoms with E-state index in [4.69, 9.17) is 0 Å². The van der Waals surface area contributed by atoms with Crippen molar-refractivity contribution < 1.29 is 0 Å². The first kappa shape index (κ1) is 17.1. The molecule has 4 rings (SSSR count). The molecule has 0 unspecified atom stereocenters. The van der Waals surface area contributed by atoms with E-state index in [0.717, 1.165) is 26.1 Å². The summed E-state index contributed by atoms with van der Waals surface area (Å²) in [5.41, 5.74) is 4.35. The van der Waals surface area contributed by atoms with Gasteiger partial charge in [-0.2, -0.15) is 0 Å². The summed E-state index contributed by atoms with van der Waals surface area (Å²) < 4.78 is 2.46. The summed E-state index contributed by atoms with van der Waals surface area (Å²) in [6.45, 7) is 3.35. The van der Waals surface area contributed by atoms with E-state index >= 15 is 0 Å². The van der Waals surface area contributed by atoms with Crippen molar-refractivity contribution in [3.05, 3.63) is 71.9 Å². The Bertz CT molecular complexity index is 773. The smallest absolute Gasteiger partial charge is 0.0483 e. The number of para-hydroxylation sites is 1. The van der Waals surface area contributed by atoms with E-state index in [1.807, 2.05) is 0 Å². The zero-order valence-electron chi connectivity index (χ0n) is 13.9. The van der Waals surface area contributed by atoms with Crippen LogP contribution in [0.25, 0.3) is 10.9 Å². The van der Waals surface area contributed by atoms with E-state index < -0.39 is 0 Å². The van der Waals surface area contributed by atoms with Crippen molar-refractivity contribution in [2.75, 3.05) is 13.1 Å². The molecule has 0 radical (unpaired) electrons. The molecule has 0 atom stereocenters. The summed E-state index contributed by atoms with van der Waals surface area (Å²) in [6.07, 6.45) is 6.02. The first-order valence-corrected chi connectivity index (χ1v) is 8.74. The minimum Gasteiger partial charge on any atom is -0.347 e. The van der Waals surface area contributed by atoms with Crippen LogP contribution in [-0.2, 0) is 13.0 Å². The van der Waals surface area contributed by atoms with Crippen LogP contribution in [0, 0.1) is 0 Å². The zero-order valence-corrected chi connectivity index (χ0v) is 14.8. The molecule has 2 heterocycles. The van der Waals surface area contributed by atoms with Gasteiger partial charge in [-0.25, -0.2) is 0 Å². The van der Waals surface area contributed by atoms with Crippen LogP contribution >= 0.6 is 12.4 Å². The van der Waals surface area contributed by atoms with Crippen LogP contribution < -0.4 is 5.32 Å². The second kappa shape index (κ2) is 7.87. The molecular formula is C21H25ClN2. The van der Waals surface area contributed by atoms with E-state index in [1.54, 1.807) is 5.56 Å². The van der Waals surface area contributed by atoms with Gasteiger partial charge in [0.05, 0.1) is 0 Å². The fourth-order valence-corrected chi connectivity index (χ4v) is 3.81. The monoisotopic (exact) mass is 340 g/mol. The third kappa shape index (κ3) is 3.50. The van der Waals surface area contributed by atoms with Crippen LogP contribution in [0.4, 0.5) is 0 Å². The highest BCUT2D eigenvalue weighted by atomic mass is 35.5. The van der Waals surface area contributed by atoms with E-state index in [1.165, 1.54) is 29.3 Å². The van der Waals surface area contributed by atoms with Gasteiger partial charge in [-0.15, -0.1) is 12.4 Å². The minimum absolute atomic E-state index is 0. The molecule has 2 aromatic carbocycles. The number of rotatable bonds is 4. The van der Waals surface area contributed by atoms with Gasteiger partial charge in [0.15, 0.2) is 0 Å². The van der Waals surface area contributed by atoms with Crippen molar-refractivity contribution in [3.63, 3.8) is 0 Å². The number of hydrogen-bond acceptors (Lipinski definition) is 1. The number of hydrogen-bond donors (Lipinski definition) is 1. The molecule has 3 aromatic rings. The number of halogens is 1. The summed E-state index contributed by atoms with van der Waals surface area (Å²) in [5, 5.41) is 4.93. The van der Waals surface area contributed by atoms with Crippen molar-refractivity contribution >= 4 is 23.3 Å². The highest BCUT2D eigenvalue weighted by Gasteiger charge is 2.19. The Hall–Kier alpha value is -1.77. The van der Waals surface area contributed by atoms with Crippen molar-refractivity contribution in [2.45, 2.75) is 31.7 Å². The lowest BCUT2D eigenvalue weighted by Crippen LogP contribution is -2.26. The molecule has 126 valence electrons. The van der Waals surface area contributed by atoms with Crippen molar-refractivity contribution in [1.82, 2.24) is 9.88 Å². The summed E-state index contributed by atoms with van der Waals surface area (Å²) in [6, 6.07) is 19.7. The Kier molecular flexibility index (Phi) is 5.60. The maximum atomic E-state index is 3.48. The number of aryl methyl sites for hydroxylation is 2. The Labute approximate surface area is 150 Å². The third-order valence-corrected chi connectivity index (χ3v) is 5.08. The first-order chi connectivity index (χ1) is 11.4.